The zero-order chi connectivity index (χ0) is 13.1. The van der Waals surface area contributed by atoms with Crippen LogP contribution in [0.1, 0.15) is 40.0 Å². The second kappa shape index (κ2) is 4.06. The molecule has 0 amide bonds. The Morgan fingerprint density at radius 3 is 2.78 bits per heavy atom. The summed E-state index contributed by atoms with van der Waals surface area (Å²) in [5, 5.41) is 10.2. The number of aliphatic hydroxyl groups excluding tert-OH is 1. The molecule has 2 heterocycles. The summed E-state index contributed by atoms with van der Waals surface area (Å²) in [6, 6.07) is 0.0605. The standard InChI is InChI=1S/C15H25NO2/c1-5-11-13(17)14-16(11)15(3,4)10-7-6-9(2)8-12(10)18-14/h5,9-14,17H,1,6-8H2,2-4H3/t9-,10-,11+,12-,13+,14+/m1/s1. The Kier molecular flexibility index (Phi) is 2.85. The summed E-state index contributed by atoms with van der Waals surface area (Å²) in [4.78, 5) is 2.32. The summed E-state index contributed by atoms with van der Waals surface area (Å²) >= 11 is 0. The molecule has 0 aromatic rings. The lowest BCUT2D eigenvalue weighted by molar-refractivity contribution is -0.330. The van der Waals surface area contributed by atoms with Crippen LogP contribution in [0.5, 0.6) is 0 Å². The largest absolute Gasteiger partial charge is 0.387 e. The van der Waals surface area contributed by atoms with E-state index < -0.39 is 6.10 Å². The van der Waals surface area contributed by atoms with Crippen LogP contribution in [0, 0.1) is 11.8 Å². The van der Waals surface area contributed by atoms with Crippen molar-refractivity contribution in [3.05, 3.63) is 12.7 Å². The number of hydrogen-bond acceptors (Lipinski definition) is 3. The lowest BCUT2D eigenvalue weighted by Crippen LogP contribution is -2.79. The minimum absolute atomic E-state index is 0.0605. The van der Waals surface area contributed by atoms with Gasteiger partial charge in [-0.15, -0.1) is 6.58 Å². The first-order valence-corrected chi connectivity index (χ1v) is 7.21. The van der Waals surface area contributed by atoms with Crippen molar-refractivity contribution in [1.29, 1.82) is 0 Å². The summed E-state index contributed by atoms with van der Waals surface area (Å²) in [6.07, 6.45) is 5.34. The van der Waals surface area contributed by atoms with Gasteiger partial charge < -0.3 is 9.84 Å². The molecule has 0 unspecified atom stereocenters. The van der Waals surface area contributed by atoms with E-state index in [4.69, 9.17) is 4.74 Å². The van der Waals surface area contributed by atoms with Gasteiger partial charge in [0.2, 0.25) is 0 Å². The minimum atomic E-state index is -0.403. The van der Waals surface area contributed by atoms with E-state index in [1.54, 1.807) is 0 Å². The van der Waals surface area contributed by atoms with E-state index >= 15 is 0 Å². The van der Waals surface area contributed by atoms with Gasteiger partial charge in [0.15, 0.2) is 0 Å². The smallest absolute Gasteiger partial charge is 0.140 e. The molecule has 102 valence electrons. The molecule has 18 heavy (non-hydrogen) atoms. The number of ether oxygens (including phenoxy) is 1. The van der Waals surface area contributed by atoms with Crippen LogP contribution >= 0.6 is 0 Å². The fraction of sp³-hybridized carbons (Fsp3) is 0.867. The van der Waals surface area contributed by atoms with Gasteiger partial charge in [-0.1, -0.05) is 19.4 Å². The maximum atomic E-state index is 10.2. The van der Waals surface area contributed by atoms with Crippen LogP contribution in [-0.2, 0) is 4.74 Å². The maximum absolute atomic E-state index is 10.2. The van der Waals surface area contributed by atoms with Gasteiger partial charge in [0.05, 0.1) is 12.1 Å². The van der Waals surface area contributed by atoms with E-state index in [0.717, 1.165) is 12.3 Å². The number of aliphatic hydroxyl groups is 1. The molecule has 1 N–H and O–H groups in total. The van der Waals surface area contributed by atoms with Gasteiger partial charge in [-0.3, -0.25) is 4.90 Å². The second-order valence-corrected chi connectivity index (χ2v) is 6.87. The van der Waals surface area contributed by atoms with Gasteiger partial charge in [0.1, 0.15) is 12.3 Å². The average Bonchev–Trinajstić information content (AvgIpc) is 2.31. The number of rotatable bonds is 1. The highest BCUT2D eigenvalue weighted by Crippen LogP contribution is 2.50. The number of fused-ring (bicyclic) bond motifs is 2. The van der Waals surface area contributed by atoms with Crippen molar-refractivity contribution in [3.8, 4) is 0 Å². The Labute approximate surface area is 110 Å². The van der Waals surface area contributed by atoms with Gasteiger partial charge in [-0.25, -0.2) is 0 Å². The van der Waals surface area contributed by atoms with Crippen molar-refractivity contribution in [3.63, 3.8) is 0 Å². The maximum Gasteiger partial charge on any atom is 0.140 e. The minimum Gasteiger partial charge on any atom is -0.387 e. The Hall–Kier alpha value is -0.380. The zero-order valence-corrected chi connectivity index (χ0v) is 11.7. The van der Waals surface area contributed by atoms with Gasteiger partial charge >= 0.3 is 0 Å². The lowest BCUT2D eigenvalue weighted by atomic mass is 9.67. The second-order valence-electron chi connectivity index (χ2n) is 6.87. The third-order valence-corrected chi connectivity index (χ3v) is 5.42. The van der Waals surface area contributed by atoms with E-state index in [1.165, 1.54) is 12.8 Å². The van der Waals surface area contributed by atoms with Crippen molar-refractivity contribution in [1.82, 2.24) is 4.90 Å². The van der Waals surface area contributed by atoms with E-state index in [9.17, 15) is 5.11 Å². The molecule has 1 saturated carbocycles. The SMILES string of the molecule is C=C[C@H]1[C@H](O)[C@@H]2O[C@@H]3C[C@H](C)CC[C@H]3C(C)(C)N12. The van der Waals surface area contributed by atoms with Gasteiger partial charge in [-0.05, 0) is 32.6 Å². The lowest BCUT2D eigenvalue weighted by Gasteiger charge is -2.66. The van der Waals surface area contributed by atoms with Gasteiger partial charge in [-0.2, -0.15) is 0 Å². The monoisotopic (exact) mass is 251 g/mol. The Bertz CT molecular complexity index is 354. The van der Waals surface area contributed by atoms with Crippen molar-refractivity contribution < 1.29 is 9.84 Å². The Morgan fingerprint density at radius 2 is 2.11 bits per heavy atom. The molecule has 3 fully saturated rings. The van der Waals surface area contributed by atoms with Crippen molar-refractivity contribution in [2.24, 2.45) is 11.8 Å². The van der Waals surface area contributed by atoms with E-state index in [0.29, 0.717) is 12.0 Å². The highest BCUT2D eigenvalue weighted by atomic mass is 16.5. The molecular formula is C15H25NO2. The highest BCUT2D eigenvalue weighted by Gasteiger charge is 2.61. The summed E-state index contributed by atoms with van der Waals surface area (Å²) in [5.41, 5.74) is 0.103. The molecule has 0 aromatic heterocycles. The van der Waals surface area contributed by atoms with Gasteiger partial charge in [0, 0.05) is 11.5 Å². The first kappa shape index (κ1) is 12.6. The molecule has 3 heteroatoms. The fourth-order valence-corrected chi connectivity index (χ4v) is 4.33. The van der Waals surface area contributed by atoms with Crippen molar-refractivity contribution in [2.45, 2.75) is 70.1 Å². The number of hydrogen-bond donors (Lipinski definition) is 1. The zero-order valence-electron chi connectivity index (χ0n) is 11.7. The van der Waals surface area contributed by atoms with Crippen LogP contribution < -0.4 is 0 Å². The first-order valence-electron chi connectivity index (χ1n) is 7.21. The molecule has 6 atom stereocenters. The van der Waals surface area contributed by atoms with Crippen molar-refractivity contribution >= 4 is 0 Å². The molecule has 2 saturated heterocycles. The Balaban J connectivity index is 1.87. The molecule has 0 spiro atoms. The van der Waals surface area contributed by atoms with Crippen LogP contribution in [0.15, 0.2) is 12.7 Å². The summed E-state index contributed by atoms with van der Waals surface area (Å²) < 4.78 is 6.17. The predicted octanol–water partition coefficient (Wildman–Crippen LogP) is 2.16. The van der Waals surface area contributed by atoms with Crippen LogP contribution in [0.3, 0.4) is 0 Å². The number of nitrogens with zero attached hydrogens (tertiary/aromatic N) is 1. The highest BCUT2D eigenvalue weighted by molar-refractivity contribution is 5.15. The molecule has 0 aromatic carbocycles. The first-order chi connectivity index (χ1) is 8.46. The fourth-order valence-electron chi connectivity index (χ4n) is 4.33. The van der Waals surface area contributed by atoms with Gasteiger partial charge in [0.25, 0.3) is 0 Å². The molecule has 1 aliphatic carbocycles. The van der Waals surface area contributed by atoms with Crippen LogP contribution in [0.25, 0.3) is 0 Å². The quantitative estimate of drug-likeness (QED) is 0.725. The van der Waals surface area contributed by atoms with E-state index in [-0.39, 0.29) is 17.8 Å². The Morgan fingerprint density at radius 1 is 1.39 bits per heavy atom. The normalized spacial score (nSPS) is 50.9. The predicted molar refractivity (Wildman–Crippen MR) is 71.1 cm³/mol. The molecule has 3 nitrogen and oxygen atoms in total. The van der Waals surface area contributed by atoms with E-state index in [2.05, 4.69) is 32.3 Å². The molecule has 2 aliphatic heterocycles. The van der Waals surface area contributed by atoms with Crippen LogP contribution in [0.4, 0.5) is 0 Å². The van der Waals surface area contributed by atoms with Crippen molar-refractivity contribution in [2.75, 3.05) is 0 Å². The molecule has 0 bridgehead atoms. The summed E-state index contributed by atoms with van der Waals surface area (Å²) in [7, 11) is 0. The molecular weight excluding hydrogens is 226 g/mol. The summed E-state index contributed by atoms with van der Waals surface area (Å²) in [5.74, 6) is 1.33. The van der Waals surface area contributed by atoms with Crippen LogP contribution in [0.2, 0.25) is 0 Å². The molecule has 3 aliphatic rings. The summed E-state index contributed by atoms with van der Waals surface area (Å²) in [6.45, 7) is 10.8. The average molecular weight is 251 g/mol. The topological polar surface area (TPSA) is 32.7 Å². The third-order valence-electron chi connectivity index (χ3n) is 5.42. The van der Waals surface area contributed by atoms with Crippen LogP contribution in [-0.4, -0.2) is 40.0 Å². The third kappa shape index (κ3) is 1.54. The molecule has 3 rings (SSSR count). The molecule has 0 radical (unpaired) electrons. The van der Waals surface area contributed by atoms with E-state index in [1.807, 2.05) is 6.08 Å².